The molecule has 0 aliphatic heterocycles. The third-order valence-electron chi connectivity index (χ3n) is 5.66. The average Bonchev–Trinajstić information content (AvgIpc) is 3.46. The second-order valence-corrected chi connectivity index (χ2v) is 13.1. The number of hydrogen-bond acceptors (Lipinski definition) is 6. The van der Waals surface area contributed by atoms with Gasteiger partial charge in [-0.2, -0.15) is 8.75 Å². The van der Waals surface area contributed by atoms with Gasteiger partial charge in [0.1, 0.15) is 11.0 Å². The summed E-state index contributed by atoms with van der Waals surface area (Å²) in [6.45, 7) is 6.90. The van der Waals surface area contributed by atoms with Crippen molar-refractivity contribution in [3.05, 3.63) is 56.2 Å². The van der Waals surface area contributed by atoms with E-state index in [2.05, 4.69) is 81.8 Å². The maximum Gasteiger partial charge on any atom is 0.114 e. The van der Waals surface area contributed by atoms with Crippen molar-refractivity contribution < 1.29 is 0 Å². The SMILES string of the molecule is Cc1cc2c(s1)-c1sc(-c3ccc(-c4ccc(Br)s4)c4nsnc34)cc1C2(C)C. The van der Waals surface area contributed by atoms with Crippen LogP contribution in [-0.4, -0.2) is 8.75 Å². The minimum Gasteiger partial charge on any atom is -0.172 e. The molecule has 1 aliphatic rings. The predicted octanol–water partition coefficient (Wildman–Crippen LogP) is 8.59. The molecule has 29 heavy (non-hydrogen) atoms. The molecule has 0 saturated carbocycles. The molecule has 0 bridgehead atoms. The van der Waals surface area contributed by atoms with Crippen molar-refractivity contribution in [3.8, 4) is 30.6 Å². The van der Waals surface area contributed by atoms with E-state index in [9.17, 15) is 0 Å². The predicted molar refractivity (Wildman–Crippen MR) is 132 cm³/mol. The summed E-state index contributed by atoms with van der Waals surface area (Å²) in [6.07, 6.45) is 0. The number of fused-ring (bicyclic) bond motifs is 4. The molecule has 0 saturated heterocycles. The maximum atomic E-state index is 4.69. The van der Waals surface area contributed by atoms with Crippen molar-refractivity contribution in [3.63, 3.8) is 0 Å². The van der Waals surface area contributed by atoms with Gasteiger partial charge in [0.15, 0.2) is 0 Å². The Morgan fingerprint density at radius 1 is 0.793 bits per heavy atom. The molecule has 5 aromatic rings. The van der Waals surface area contributed by atoms with Crippen LogP contribution in [-0.2, 0) is 5.41 Å². The van der Waals surface area contributed by atoms with Crippen molar-refractivity contribution in [1.82, 2.24) is 8.75 Å². The summed E-state index contributed by atoms with van der Waals surface area (Å²) in [4.78, 5) is 6.78. The highest BCUT2D eigenvalue weighted by Crippen LogP contribution is 2.57. The van der Waals surface area contributed by atoms with Gasteiger partial charge in [0.05, 0.1) is 15.5 Å². The first-order valence-electron chi connectivity index (χ1n) is 9.20. The van der Waals surface area contributed by atoms with Crippen LogP contribution in [0.1, 0.15) is 29.9 Å². The summed E-state index contributed by atoms with van der Waals surface area (Å²) in [5, 5.41) is 0. The second-order valence-electron chi connectivity index (χ2n) is 7.80. The quantitative estimate of drug-likeness (QED) is 0.235. The zero-order valence-corrected chi connectivity index (χ0v) is 20.7. The third-order valence-corrected chi connectivity index (χ3v) is 10.2. The van der Waals surface area contributed by atoms with E-state index in [0.29, 0.717) is 0 Å². The molecule has 7 heteroatoms. The second kappa shape index (κ2) is 6.31. The van der Waals surface area contributed by atoms with E-state index < -0.39 is 0 Å². The average molecular weight is 516 g/mol. The topological polar surface area (TPSA) is 25.8 Å². The lowest BCUT2D eigenvalue weighted by Gasteiger charge is -2.19. The van der Waals surface area contributed by atoms with Gasteiger partial charge in [0, 0.05) is 40.9 Å². The number of aryl methyl sites for hydroxylation is 1. The van der Waals surface area contributed by atoms with Gasteiger partial charge in [-0.15, -0.1) is 34.0 Å². The molecule has 0 radical (unpaired) electrons. The Morgan fingerprint density at radius 2 is 1.45 bits per heavy atom. The first kappa shape index (κ1) is 18.4. The largest absolute Gasteiger partial charge is 0.172 e. The van der Waals surface area contributed by atoms with Gasteiger partial charge in [-0.05, 0) is 58.2 Å². The van der Waals surface area contributed by atoms with E-state index in [4.69, 9.17) is 0 Å². The molecule has 0 amide bonds. The van der Waals surface area contributed by atoms with Crippen molar-refractivity contribution in [1.29, 1.82) is 0 Å². The monoisotopic (exact) mass is 514 g/mol. The fourth-order valence-corrected chi connectivity index (χ4v) is 8.83. The van der Waals surface area contributed by atoms with E-state index in [0.717, 1.165) is 20.4 Å². The summed E-state index contributed by atoms with van der Waals surface area (Å²) < 4.78 is 10.5. The van der Waals surface area contributed by atoms with Crippen molar-refractivity contribution in [2.45, 2.75) is 26.2 Å². The number of aromatic nitrogens is 2. The fourth-order valence-electron chi connectivity index (χ4n) is 4.17. The van der Waals surface area contributed by atoms with E-state index in [1.54, 1.807) is 11.3 Å². The molecule has 0 unspecified atom stereocenters. The summed E-state index contributed by atoms with van der Waals surface area (Å²) in [7, 11) is 0. The van der Waals surface area contributed by atoms with Gasteiger partial charge in [-0.3, -0.25) is 0 Å². The summed E-state index contributed by atoms with van der Waals surface area (Å²) >= 11 is 10.4. The molecule has 0 atom stereocenters. The number of rotatable bonds is 2. The van der Waals surface area contributed by atoms with Crippen LogP contribution in [0, 0.1) is 6.92 Å². The molecule has 144 valence electrons. The molecule has 6 rings (SSSR count). The first-order valence-corrected chi connectivity index (χ1v) is 13.2. The van der Waals surface area contributed by atoms with E-state index >= 15 is 0 Å². The Bertz CT molecular complexity index is 1420. The number of halogens is 1. The summed E-state index contributed by atoms with van der Waals surface area (Å²) in [5.41, 5.74) is 7.35. The van der Waals surface area contributed by atoms with Gasteiger partial charge in [-0.1, -0.05) is 26.0 Å². The van der Waals surface area contributed by atoms with Crippen LogP contribution in [0.3, 0.4) is 0 Å². The van der Waals surface area contributed by atoms with Crippen LogP contribution < -0.4 is 0 Å². The van der Waals surface area contributed by atoms with Crippen molar-refractivity contribution in [2.75, 3.05) is 0 Å². The van der Waals surface area contributed by atoms with E-state index in [1.165, 1.54) is 52.8 Å². The smallest absolute Gasteiger partial charge is 0.114 e. The van der Waals surface area contributed by atoms with Crippen LogP contribution in [0.15, 0.2) is 40.2 Å². The standard InChI is InChI=1S/C22H15BrN2S4/c1-10-8-13-20(26-10)21-14(22(13,2)3)9-16(28-21)12-5-4-11(15-6-7-17(23)27-15)18-19(12)25-29-24-18/h4-9H,1-3H3. The zero-order valence-electron chi connectivity index (χ0n) is 15.9. The Kier molecular flexibility index (Phi) is 4.00. The zero-order chi connectivity index (χ0) is 19.9. The number of thiophene rings is 3. The highest BCUT2D eigenvalue weighted by molar-refractivity contribution is 9.11. The maximum absolute atomic E-state index is 4.69. The van der Waals surface area contributed by atoms with Crippen LogP contribution in [0.2, 0.25) is 0 Å². The molecule has 4 aromatic heterocycles. The number of hydrogen-bond donors (Lipinski definition) is 0. The minimum absolute atomic E-state index is 0.0623. The number of nitrogens with zero attached hydrogens (tertiary/aromatic N) is 2. The Hall–Kier alpha value is -1.38. The van der Waals surface area contributed by atoms with E-state index in [1.807, 2.05) is 22.7 Å². The minimum atomic E-state index is 0.0623. The van der Waals surface area contributed by atoms with Gasteiger partial charge in [0.25, 0.3) is 0 Å². The third kappa shape index (κ3) is 2.61. The van der Waals surface area contributed by atoms with Gasteiger partial charge in [-0.25, -0.2) is 0 Å². The van der Waals surface area contributed by atoms with Crippen molar-refractivity contribution >= 4 is 72.7 Å². The molecule has 1 aromatic carbocycles. The van der Waals surface area contributed by atoms with E-state index in [-0.39, 0.29) is 5.41 Å². The molecular weight excluding hydrogens is 500 g/mol. The van der Waals surface area contributed by atoms with Crippen LogP contribution >= 0.6 is 61.7 Å². The lowest BCUT2D eigenvalue weighted by Crippen LogP contribution is -2.13. The normalized spacial score (nSPS) is 14.5. The summed E-state index contributed by atoms with van der Waals surface area (Å²) in [5.74, 6) is 0. The highest BCUT2D eigenvalue weighted by Gasteiger charge is 2.39. The molecular formula is C22H15BrN2S4. The Morgan fingerprint density at radius 3 is 2.14 bits per heavy atom. The molecule has 0 N–H and O–H groups in total. The highest BCUT2D eigenvalue weighted by atomic mass is 79.9. The Labute approximate surface area is 193 Å². The molecule has 0 fully saturated rings. The van der Waals surface area contributed by atoms with Crippen LogP contribution in [0.4, 0.5) is 0 Å². The molecule has 4 heterocycles. The summed E-state index contributed by atoms with van der Waals surface area (Å²) in [6, 6.07) is 13.4. The van der Waals surface area contributed by atoms with Crippen molar-refractivity contribution in [2.24, 2.45) is 0 Å². The first-order chi connectivity index (χ1) is 13.9. The van der Waals surface area contributed by atoms with Gasteiger partial charge >= 0.3 is 0 Å². The molecule has 2 nitrogen and oxygen atoms in total. The fraction of sp³-hybridized carbons (Fsp3) is 0.182. The lowest BCUT2D eigenvalue weighted by atomic mass is 9.83. The van der Waals surface area contributed by atoms with Crippen LogP contribution in [0.25, 0.3) is 41.7 Å². The number of benzene rings is 1. The van der Waals surface area contributed by atoms with Gasteiger partial charge in [0.2, 0.25) is 0 Å². The lowest BCUT2D eigenvalue weighted by molar-refractivity contribution is 0.663. The Balaban J connectivity index is 1.54. The molecule has 0 spiro atoms. The van der Waals surface area contributed by atoms with Crippen LogP contribution in [0.5, 0.6) is 0 Å². The van der Waals surface area contributed by atoms with Gasteiger partial charge < -0.3 is 0 Å². The molecule has 1 aliphatic carbocycles.